The van der Waals surface area contributed by atoms with Gasteiger partial charge in [0.15, 0.2) is 5.76 Å². The third-order valence-corrected chi connectivity index (χ3v) is 4.37. The van der Waals surface area contributed by atoms with Crippen LogP contribution < -0.4 is 0 Å². The van der Waals surface area contributed by atoms with Crippen LogP contribution in [-0.2, 0) is 18.3 Å². The second-order valence-electron chi connectivity index (χ2n) is 7.38. The molecular formula is C18H30O4Si2. The molecule has 0 amide bonds. The molecule has 1 aromatic carbocycles. The van der Waals surface area contributed by atoms with Gasteiger partial charge in [-0.2, -0.15) is 0 Å². The minimum Gasteiger partial charge on any atom is -0.542 e. The molecule has 0 aliphatic carbocycles. The van der Waals surface area contributed by atoms with Crippen LogP contribution in [0.5, 0.6) is 0 Å². The lowest BCUT2D eigenvalue weighted by atomic mass is 10.1. The fourth-order valence-corrected chi connectivity index (χ4v) is 3.56. The van der Waals surface area contributed by atoms with E-state index >= 15 is 0 Å². The van der Waals surface area contributed by atoms with E-state index in [-0.39, 0.29) is 0 Å². The number of hydrogen-bond donors (Lipinski definition) is 0. The van der Waals surface area contributed by atoms with Gasteiger partial charge in [-0.3, -0.25) is 0 Å². The van der Waals surface area contributed by atoms with Crippen molar-refractivity contribution in [3.8, 4) is 0 Å². The average Bonchev–Trinajstić information content (AvgIpc) is 2.45. The number of allylic oxidation sites excluding steroid dienone is 1. The van der Waals surface area contributed by atoms with Gasteiger partial charge in [-0.05, 0) is 44.8 Å². The van der Waals surface area contributed by atoms with Gasteiger partial charge in [-0.1, -0.05) is 30.3 Å². The zero-order valence-electron chi connectivity index (χ0n) is 16.1. The Balaban J connectivity index is 3.54. The molecule has 0 aliphatic rings. The summed E-state index contributed by atoms with van der Waals surface area (Å²) in [5, 5.41) is 0. The maximum absolute atomic E-state index is 6.26. The lowest BCUT2D eigenvalue weighted by Crippen LogP contribution is -2.28. The fraction of sp³-hybridized carbons (Fsp3) is 0.444. The van der Waals surface area contributed by atoms with Gasteiger partial charge in [0, 0.05) is 0 Å². The molecule has 0 N–H and O–H groups in total. The van der Waals surface area contributed by atoms with E-state index in [2.05, 4.69) is 39.3 Å². The maximum Gasteiger partial charge on any atom is 0.277 e. The van der Waals surface area contributed by atoms with Crippen molar-refractivity contribution in [2.75, 3.05) is 14.2 Å². The molecule has 0 atom stereocenters. The SMILES string of the molecule is COC=C(O[Si](C)(C)C)C(=C(OC)O[Si](C)(C)C)c1ccccc1. The molecular weight excluding hydrogens is 336 g/mol. The highest BCUT2D eigenvalue weighted by atomic mass is 28.4. The summed E-state index contributed by atoms with van der Waals surface area (Å²) in [4.78, 5) is 0. The summed E-state index contributed by atoms with van der Waals surface area (Å²) in [7, 11) is -0.477. The molecule has 0 radical (unpaired) electrons. The molecule has 0 fully saturated rings. The molecule has 134 valence electrons. The summed E-state index contributed by atoms with van der Waals surface area (Å²) in [6, 6.07) is 9.97. The summed E-state index contributed by atoms with van der Waals surface area (Å²) in [6.07, 6.45) is 1.62. The van der Waals surface area contributed by atoms with Crippen LogP contribution in [0, 0.1) is 0 Å². The van der Waals surface area contributed by atoms with Gasteiger partial charge in [0.2, 0.25) is 16.6 Å². The van der Waals surface area contributed by atoms with E-state index in [1.165, 1.54) is 0 Å². The highest BCUT2D eigenvalue weighted by molar-refractivity contribution is 6.70. The van der Waals surface area contributed by atoms with Crippen LogP contribution in [0.3, 0.4) is 0 Å². The molecule has 0 aliphatic heterocycles. The van der Waals surface area contributed by atoms with Crippen LogP contribution in [0.15, 0.2) is 48.3 Å². The average molecular weight is 367 g/mol. The largest absolute Gasteiger partial charge is 0.542 e. The van der Waals surface area contributed by atoms with Crippen LogP contribution in [-0.4, -0.2) is 30.9 Å². The van der Waals surface area contributed by atoms with Crippen LogP contribution in [0.2, 0.25) is 39.3 Å². The second-order valence-corrected chi connectivity index (χ2v) is 16.2. The van der Waals surface area contributed by atoms with Gasteiger partial charge in [0.05, 0.1) is 14.2 Å². The standard InChI is InChI=1S/C18H30O4Si2/c1-19-14-16(21-23(3,4)5)17(15-12-10-9-11-13-15)18(20-2)22-24(6,7)8/h9-14H,1-8H3. The minimum atomic E-state index is -1.86. The first-order valence-corrected chi connectivity index (χ1v) is 14.8. The van der Waals surface area contributed by atoms with E-state index < -0.39 is 16.6 Å². The quantitative estimate of drug-likeness (QED) is 0.360. The Morgan fingerprint density at radius 3 is 1.79 bits per heavy atom. The molecule has 4 nitrogen and oxygen atoms in total. The van der Waals surface area contributed by atoms with Crippen molar-refractivity contribution in [1.29, 1.82) is 0 Å². The van der Waals surface area contributed by atoms with Gasteiger partial charge in [-0.15, -0.1) is 0 Å². The molecule has 24 heavy (non-hydrogen) atoms. The van der Waals surface area contributed by atoms with E-state index in [1.807, 2.05) is 30.3 Å². The summed E-state index contributed by atoms with van der Waals surface area (Å²) in [5.74, 6) is 1.11. The number of rotatable bonds is 8. The molecule has 0 heterocycles. The molecule has 0 bridgehead atoms. The second kappa shape index (κ2) is 8.44. The predicted octanol–water partition coefficient (Wildman–Crippen LogP) is 5.19. The van der Waals surface area contributed by atoms with Gasteiger partial charge in [-0.25, -0.2) is 0 Å². The predicted molar refractivity (Wildman–Crippen MR) is 104 cm³/mol. The molecule has 0 aromatic heterocycles. The molecule has 0 unspecified atom stereocenters. The van der Waals surface area contributed by atoms with E-state index in [4.69, 9.17) is 18.3 Å². The van der Waals surface area contributed by atoms with E-state index in [0.717, 1.165) is 11.1 Å². The molecule has 6 heteroatoms. The Morgan fingerprint density at radius 1 is 0.833 bits per heavy atom. The van der Waals surface area contributed by atoms with Crippen LogP contribution >= 0.6 is 0 Å². The zero-order chi connectivity index (χ0) is 18.4. The highest BCUT2D eigenvalue weighted by Crippen LogP contribution is 2.32. The third-order valence-electron chi connectivity index (χ3n) is 2.74. The summed E-state index contributed by atoms with van der Waals surface area (Å²) >= 11 is 0. The first-order chi connectivity index (χ1) is 11.1. The van der Waals surface area contributed by atoms with Gasteiger partial charge in [0.1, 0.15) is 11.8 Å². The Hall–Kier alpha value is -1.67. The Bertz CT molecular complexity index is 581. The number of hydrogen-bond acceptors (Lipinski definition) is 4. The topological polar surface area (TPSA) is 36.9 Å². The minimum absolute atomic E-state index is 0.474. The van der Waals surface area contributed by atoms with Gasteiger partial charge >= 0.3 is 0 Å². The van der Waals surface area contributed by atoms with Gasteiger partial charge < -0.3 is 18.3 Å². The van der Waals surface area contributed by atoms with Crippen molar-refractivity contribution in [3.63, 3.8) is 0 Å². The number of ether oxygens (including phenoxy) is 2. The van der Waals surface area contributed by atoms with Crippen LogP contribution in [0.4, 0.5) is 0 Å². The van der Waals surface area contributed by atoms with E-state index in [0.29, 0.717) is 11.7 Å². The van der Waals surface area contributed by atoms with Crippen molar-refractivity contribution in [3.05, 3.63) is 53.9 Å². The smallest absolute Gasteiger partial charge is 0.277 e. The van der Waals surface area contributed by atoms with Crippen molar-refractivity contribution < 1.29 is 18.3 Å². The fourth-order valence-electron chi connectivity index (χ4n) is 2.01. The van der Waals surface area contributed by atoms with Crippen LogP contribution in [0.1, 0.15) is 5.56 Å². The Kier molecular flexibility index (Phi) is 7.16. The van der Waals surface area contributed by atoms with E-state index in [1.54, 1.807) is 20.5 Å². The van der Waals surface area contributed by atoms with Crippen LogP contribution in [0.25, 0.3) is 5.57 Å². The monoisotopic (exact) mass is 366 g/mol. The Morgan fingerprint density at radius 2 is 1.38 bits per heavy atom. The van der Waals surface area contributed by atoms with Crippen molar-refractivity contribution >= 4 is 22.2 Å². The lowest BCUT2D eigenvalue weighted by Gasteiger charge is -2.27. The highest BCUT2D eigenvalue weighted by Gasteiger charge is 2.28. The molecule has 1 aromatic rings. The first-order valence-electron chi connectivity index (χ1n) is 8.02. The van der Waals surface area contributed by atoms with E-state index in [9.17, 15) is 0 Å². The Labute approximate surface area is 148 Å². The maximum atomic E-state index is 6.26. The third kappa shape index (κ3) is 6.84. The lowest BCUT2D eigenvalue weighted by molar-refractivity contribution is 0.148. The number of benzene rings is 1. The first kappa shape index (κ1) is 20.4. The molecule has 1 rings (SSSR count). The zero-order valence-corrected chi connectivity index (χ0v) is 18.1. The van der Waals surface area contributed by atoms with Crippen molar-refractivity contribution in [1.82, 2.24) is 0 Å². The number of methoxy groups -OCH3 is 2. The van der Waals surface area contributed by atoms with Crippen molar-refractivity contribution in [2.24, 2.45) is 0 Å². The summed E-state index contributed by atoms with van der Waals surface area (Å²) < 4.78 is 23.3. The molecule has 0 spiro atoms. The molecule has 0 saturated carbocycles. The summed E-state index contributed by atoms with van der Waals surface area (Å²) in [5.41, 5.74) is 1.75. The molecule has 0 saturated heterocycles. The van der Waals surface area contributed by atoms with Crippen molar-refractivity contribution in [2.45, 2.75) is 39.3 Å². The summed E-state index contributed by atoms with van der Waals surface area (Å²) in [6.45, 7) is 12.7. The normalized spacial score (nSPS) is 13.9. The van der Waals surface area contributed by atoms with Gasteiger partial charge in [0.25, 0.3) is 5.95 Å².